The second kappa shape index (κ2) is 6.80. The molecule has 1 atom stereocenters. The Morgan fingerprint density at radius 3 is 2.57 bits per heavy atom. The Balaban J connectivity index is 2.14. The SMILES string of the molecule is Cc1onc(N)c1S(=O)(=O)N[C@H](CCc1ccccc1)C(=O)O. The molecule has 0 radical (unpaired) electrons. The summed E-state index contributed by atoms with van der Waals surface area (Å²) in [6, 6.07) is 7.91. The van der Waals surface area contributed by atoms with E-state index < -0.39 is 22.0 Å². The van der Waals surface area contributed by atoms with E-state index in [2.05, 4.69) is 9.88 Å². The van der Waals surface area contributed by atoms with E-state index in [9.17, 15) is 18.3 Å². The zero-order chi connectivity index (χ0) is 17.0. The molecule has 0 bridgehead atoms. The molecule has 1 aromatic carbocycles. The maximum absolute atomic E-state index is 12.3. The minimum atomic E-state index is -4.14. The van der Waals surface area contributed by atoms with Gasteiger partial charge in [0.2, 0.25) is 10.0 Å². The van der Waals surface area contributed by atoms with Gasteiger partial charge in [-0.3, -0.25) is 4.79 Å². The number of benzene rings is 1. The van der Waals surface area contributed by atoms with Crippen molar-refractivity contribution in [3.8, 4) is 0 Å². The van der Waals surface area contributed by atoms with Gasteiger partial charge in [-0.15, -0.1) is 0 Å². The second-order valence-electron chi connectivity index (χ2n) is 4.99. The highest BCUT2D eigenvalue weighted by atomic mass is 32.2. The number of carboxylic acids is 1. The molecule has 0 aliphatic carbocycles. The summed E-state index contributed by atoms with van der Waals surface area (Å²) in [5, 5.41) is 12.6. The van der Waals surface area contributed by atoms with Crippen LogP contribution >= 0.6 is 0 Å². The van der Waals surface area contributed by atoms with Gasteiger partial charge in [-0.05, 0) is 25.3 Å². The van der Waals surface area contributed by atoms with Crippen LogP contribution in [0.5, 0.6) is 0 Å². The minimum Gasteiger partial charge on any atom is -0.480 e. The monoisotopic (exact) mass is 339 g/mol. The van der Waals surface area contributed by atoms with Crippen molar-refractivity contribution in [1.29, 1.82) is 0 Å². The van der Waals surface area contributed by atoms with Gasteiger partial charge in [0.1, 0.15) is 6.04 Å². The molecule has 0 fully saturated rings. The van der Waals surface area contributed by atoms with Crippen LogP contribution in [0.25, 0.3) is 0 Å². The van der Waals surface area contributed by atoms with E-state index in [0.29, 0.717) is 6.42 Å². The van der Waals surface area contributed by atoms with Gasteiger partial charge in [0.25, 0.3) is 0 Å². The van der Waals surface area contributed by atoms with Crippen LogP contribution in [0.4, 0.5) is 5.82 Å². The maximum atomic E-state index is 12.3. The van der Waals surface area contributed by atoms with Crippen LogP contribution in [0, 0.1) is 6.92 Å². The van der Waals surface area contributed by atoms with Crippen LogP contribution < -0.4 is 10.5 Å². The molecule has 8 nitrogen and oxygen atoms in total. The third kappa shape index (κ3) is 4.08. The van der Waals surface area contributed by atoms with Crippen LogP contribution in [-0.4, -0.2) is 30.7 Å². The lowest BCUT2D eigenvalue weighted by atomic mass is 10.1. The van der Waals surface area contributed by atoms with Crippen molar-refractivity contribution in [2.45, 2.75) is 30.7 Å². The minimum absolute atomic E-state index is 0.00204. The molecule has 1 heterocycles. The number of nitrogens with one attached hydrogen (secondary N) is 1. The van der Waals surface area contributed by atoms with Crippen LogP contribution in [0.2, 0.25) is 0 Å². The molecule has 2 aromatic rings. The lowest BCUT2D eigenvalue weighted by Crippen LogP contribution is -2.41. The Bertz CT molecular complexity index is 766. The van der Waals surface area contributed by atoms with E-state index >= 15 is 0 Å². The van der Waals surface area contributed by atoms with Crippen molar-refractivity contribution >= 4 is 21.8 Å². The Kier molecular flexibility index (Phi) is 5.02. The highest BCUT2D eigenvalue weighted by Crippen LogP contribution is 2.22. The molecule has 9 heteroatoms. The summed E-state index contributed by atoms with van der Waals surface area (Å²) in [5.74, 6) is -1.57. The number of carboxylic acid groups (broad SMARTS) is 1. The van der Waals surface area contributed by atoms with Crippen molar-refractivity contribution in [2.24, 2.45) is 0 Å². The lowest BCUT2D eigenvalue weighted by Gasteiger charge is -2.14. The van der Waals surface area contributed by atoms with Gasteiger partial charge in [-0.1, -0.05) is 35.5 Å². The van der Waals surface area contributed by atoms with E-state index in [4.69, 9.17) is 10.3 Å². The van der Waals surface area contributed by atoms with Crippen LogP contribution in [-0.2, 0) is 21.2 Å². The van der Waals surface area contributed by atoms with E-state index in [1.54, 1.807) is 0 Å². The zero-order valence-electron chi connectivity index (χ0n) is 12.4. The number of carbonyl (C=O) groups is 1. The average molecular weight is 339 g/mol. The molecule has 0 saturated heterocycles. The molecule has 4 N–H and O–H groups in total. The smallest absolute Gasteiger partial charge is 0.321 e. The number of sulfonamides is 1. The number of aliphatic carboxylic acids is 1. The predicted octanol–water partition coefficient (Wildman–Crippen LogP) is 0.930. The predicted molar refractivity (Wildman–Crippen MR) is 82.2 cm³/mol. The first-order valence-corrected chi connectivity index (χ1v) is 8.30. The van der Waals surface area contributed by atoms with E-state index in [-0.39, 0.29) is 22.9 Å². The molecule has 124 valence electrons. The molecule has 0 spiro atoms. The Hall–Kier alpha value is -2.39. The topological polar surface area (TPSA) is 136 Å². The summed E-state index contributed by atoms with van der Waals surface area (Å²) >= 11 is 0. The van der Waals surface area contributed by atoms with E-state index in [0.717, 1.165) is 5.56 Å². The summed E-state index contributed by atoms with van der Waals surface area (Å²) in [6.45, 7) is 1.39. The summed E-state index contributed by atoms with van der Waals surface area (Å²) in [7, 11) is -4.14. The highest BCUT2D eigenvalue weighted by molar-refractivity contribution is 7.89. The fraction of sp³-hybridized carbons (Fsp3) is 0.286. The van der Waals surface area contributed by atoms with Crippen molar-refractivity contribution < 1.29 is 22.8 Å². The van der Waals surface area contributed by atoms with E-state index in [1.807, 2.05) is 30.3 Å². The number of nitrogens with zero attached hydrogens (tertiary/aromatic N) is 1. The van der Waals surface area contributed by atoms with Crippen molar-refractivity contribution in [2.75, 3.05) is 5.73 Å². The van der Waals surface area contributed by atoms with Gasteiger partial charge in [-0.2, -0.15) is 4.72 Å². The molecule has 0 aliphatic heterocycles. The highest BCUT2D eigenvalue weighted by Gasteiger charge is 2.30. The number of aromatic nitrogens is 1. The average Bonchev–Trinajstić information content (AvgIpc) is 2.84. The Morgan fingerprint density at radius 1 is 1.39 bits per heavy atom. The van der Waals surface area contributed by atoms with Gasteiger partial charge in [0, 0.05) is 0 Å². The third-order valence-electron chi connectivity index (χ3n) is 3.26. The second-order valence-corrected chi connectivity index (χ2v) is 6.64. The number of aryl methyl sites for hydroxylation is 2. The van der Waals surface area contributed by atoms with Crippen LogP contribution in [0.3, 0.4) is 0 Å². The first kappa shape index (κ1) is 17.0. The molecule has 0 unspecified atom stereocenters. The van der Waals surface area contributed by atoms with Crippen LogP contribution in [0.15, 0.2) is 39.8 Å². The standard InChI is InChI=1S/C14H17N3O5S/c1-9-12(13(15)16-22-9)23(20,21)17-11(14(18)19)8-7-10-5-3-2-4-6-10/h2-6,11,17H,7-8H2,1H3,(H2,15,16)(H,18,19)/t11-/m1/s1. The van der Waals surface area contributed by atoms with E-state index in [1.165, 1.54) is 6.92 Å². The van der Waals surface area contributed by atoms with Gasteiger partial charge in [-0.25, -0.2) is 8.42 Å². The number of hydrogen-bond acceptors (Lipinski definition) is 6. The van der Waals surface area contributed by atoms with Crippen molar-refractivity contribution in [3.63, 3.8) is 0 Å². The normalized spacial score (nSPS) is 12.9. The third-order valence-corrected chi connectivity index (χ3v) is 4.89. The zero-order valence-corrected chi connectivity index (χ0v) is 13.2. The summed E-state index contributed by atoms with van der Waals surface area (Å²) in [6.07, 6.45) is 0.515. The molecule has 23 heavy (non-hydrogen) atoms. The fourth-order valence-electron chi connectivity index (χ4n) is 2.14. The Morgan fingerprint density at radius 2 is 2.04 bits per heavy atom. The molecule has 0 saturated carbocycles. The fourth-order valence-corrected chi connectivity index (χ4v) is 3.58. The van der Waals surface area contributed by atoms with Crippen LogP contribution in [0.1, 0.15) is 17.7 Å². The van der Waals surface area contributed by atoms with Crippen molar-refractivity contribution in [3.05, 3.63) is 41.7 Å². The number of anilines is 1. The lowest BCUT2D eigenvalue weighted by molar-refractivity contribution is -0.139. The molecular formula is C14H17N3O5S. The van der Waals surface area contributed by atoms with Gasteiger partial charge in [0.05, 0.1) is 0 Å². The summed E-state index contributed by atoms with van der Waals surface area (Å²) in [5.41, 5.74) is 6.39. The summed E-state index contributed by atoms with van der Waals surface area (Å²) in [4.78, 5) is 11.0. The first-order chi connectivity index (χ1) is 10.8. The number of hydrogen-bond donors (Lipinski definition) is 3. The molecule has 1 aromatic heterocycles. The van der Waals surface area contributed by atoms with Gasteiger partial charge < -0.3 is 15.4 Å². The summed E-state index contributed by atoms with van der Waals surface area (Å²) < 4.78 is 31.5. The number of nitrogens with two attached hydrogens (primary N) is 1. The Labute approximate surface area is 133 Å². The maximum Gasteiger partial charge on any atom is 0.321 e. The van der Waals surface area contributed by atoms with Gasteiger partial charge in [0.15, 0.2) is 16.5 Å². The quantitative estimate of drug-likeness (QED) is 0.682. The first-order valence-electron chi connectivity index (χ1n) is 6.82. The number of rotatable bonds is 7. The molecule has 2 rings (SSSR count). The molecular weight excluding hydrogens is 322 g/mol. The molecule has 0 aliphatic rings. The molecule has 0 amide bonds. The van der Waals surface area contributed by atoms with Gasteiger partial charge >= 0.3 is 5.97 Å². The number of nitrogen functional groups attached to an aromatic ring is 1. The van der Waals surface area contributed by atoms with Crippen molar-refractivity contribution in [1.82, 2.24) is 9.88 Å². The largest absolute Gasteiger partial charge is 0.480 e.